The van der Waals surface area contributed by atoms with E-state index in [1.165, 1.54) is 23.3 Å². The molecule has 0 radical (unpaired) electrons. The van der Waals surface area contributed by atoms with Crippen molar-refractivity contribution in [2.24, 2.45) is 17.6 Å². The van der Waals surface area contributed by atoms with Gasteiger partial charge in [-0.15, -0.1) is 11.3 Å². The van der Waals surface area contributed by atoms with Crippen molar-refractivity contribution in [3.8, 4) is 0 Å². The van der Waals surface area contributed by atoms with E-state index in [2.05, 4.69) is 16.8 Å². The average Bonchev–Trinajstić information content (AvgIpc) is 2.97. The lowest BCUT2D eigenvalue weighted by Crippen LogP contribution is -2.37. The predicted octanol–water partition coefficient (Wildman–Crippen LogP) is 3.01. The molecule has 1 fully saturated rings. The summed E-state index contributed by atoms with van der Waals surface area (Å²) in [7, 11) is 0. The molecule has 4 heteroatoms. The summed E-state index contributed by atoms with van der Waals surface area (Å²) in [6, 6.07) is 2.44. The van der Waals surface area contributed by atoms with Crippen LogP contribution in [-0.4, -0.2) is 12.5 Å². The molecule has 3 N–H and O–H groups in total. The highest BCUT2D eigenvalue weighted by Crippen LogP contribution is 2.34. The number of carbonyl (C=O) groups is 1. The van der Waals surface area contributed by atoms with Crippen molar-refractivity contribution in [2.45, 2.75) is 51.0 Å². The normalized spacial score (nSPS) is 29.8. The Hall–Kier alpha value is -0.870. The molecule has 0 aliphatic heterocycles. The number of amides is 1. The third-order valence-electron chi connectivity index (χ3n) is 4.92. The van der Waals surface area contributed by atoms with Gasteiger partial charge in [-0.25, -0.2) is 0 Å². The van der Waals surface area contributed by atoms with Crippen molar-refractivity contribution in [2.75, 3.05) is 6.54 Å². The molecule has 0 saturated heterocycles. The molecule has 0 spiro atoms. The van der Waals surface area contributed by atoms with Gasteiger partial charge in [-0.2, -0.15) is 0 Å². The number of aryl methyl sites for hydroxylation is 1. The zero-order valence-corrected chi connectivity index (χ0v) is 12.8. The Morgan fingerprint density at radius 1 is 1.30 bits per heavy atom. The van der Waals surface area contributed by atoms with Crippen LogP contribution in [0.5, 0.6) is 0 Å². The Labute approximate surface area is 124 Å². The van der Waals surface area contributed by atoms with Crippen LogP contribution >= 0.6 is 11.3 Å². The van der Waals surface area contributed by atoms with Crippen LogP contribution in [0.2, 0.25) is 0 Å². The fourth-order valence-electron chi connectivity index (χ4n) is 3.59. The zero-order chi connectivity index (χ0) is 13.9. The van der Waals surface area contributed by atoms with Gasteiger partial charge in [-0.3, -0.25) is 4.79 Å². The van der Waals surface area contributed by atoms with E-state index in [0.717, 1.165) is 38.6 Å². The standard InChI is InChI=1S/C16H24N2OS/c17-10-11-4-6-12(7-5-11)16(19)18-14-2-1-3-15-13(14)8-9-20-15/h8-9,11-12,14H,1-7,10,17H2,(H,18,19). The molecule has 3 nitrogen and oxygen atoms in total. The summed E-state index contributed by atoms with van der Waals surface area (Å²) in [6.45, 7) is 0.773. The minimum absolute atomic E-state index is 0.210. The van der Waals surface area contributed by atoms with Gasteiger partial charge < -0.3 is 11.1 Å². The van der Waals surface area contributed by atoms with E-state index in [4.69, 9.17) is 5.73 Å². The minimum atomic E-state index is 0.210. The summed E-state index contributed by atoms with van der Waals surface area (Å²) in [5.74, 6) is 1.11. The number of rotatable bonds is 3. The second-order valence-corrected chi connectivity index (χ2v) is 7.21. The molecule has 1 heterocycles. The van der Waals surface area contributed by atoms with Crippen LogP contribution in [0.4, 0.5) is 0 Å². The first kappa shape index (κ1) is 14.1. The predicted molar refractivity (Wildman–Crippen MR) is 82.6 cm³/mol. The van der Waals surface area contributed by atoms with Gasteiger partial charge in [0.05, 0.1) is 6.04 Å². The fourth-order valence-corrected chi connectivity index (χ4v) is 4.57. The summed E-state index contributed by atoms with van der Waals surface area (Å²) in [5.41, 5.74) is 7.08. The Morgan fingerprint density at radius 2 is 2.10 bits per heavy atom. The van der Waals surface area contributed by atoms with Gasteiger partial charge >= 0.3 is 0 Å². The van der Waals surface area contributed by atoms with Crippen LogP contribution in [0.15, 0.2) is 11.4 Å². The van der Waals surface area contributed by atoms with Gasteiger partial charge in [-0.05, 0) is 74.4 Å². The zero-order valence-electron chi connectivity index (χ0n) is 11.9. The molecule has 1 unspecified atom stereocenters. The van der Waals surface area contributed by atoms with E-state index in [9.17, 15) is 4.79 Å². The van der Waals surface area contributed by atoms with Crippen LogP contribution in [0.1, 0.15) is 55.0 Å². The summed E-state index contributed by atoms with van der Waals surface area (Å²) in [6.07, 6.45) is 7.71. The molecule has 1 aromatic rings. The monoisotopic (exact) mass is 292 g/mol. The van der Waals surface area contributed by atoms with Gasteiger partial charge in [0.2, 0.25) is 5.91 Å². The number of carbonyl (C=O) groups excluding carboxylic acids is 1. The third-order valence-corrected chi connectivity index (χ3v) is 5.92. The van der Waals surface area contributed by atoms with Crippen molar-refractivity contribution in [1.82, 2.24) is 5.32 Å². The van der Waals surface area contributed by atoms with Gasteiger partial charge in [0, 0.05) is 10.8 Å². The first-order chi connectivity index (χ1) is 9.78. The minimum Gasteiger partial charge on any atom is -0.349 e. The average molecular weight is 292 g/mol. The molecule has 110 valence electrons. The SMILES string of the molecule is NCC1CCC(C(=O)NC2CCCc3sccc32)CC1. The topological polar surface area (TPSA) is 55.1 Å². The number of hydrogen-bond acceptors (Lipinski definition) is 3. The molecule has 0 bridgehead atoms. The molecule has 1 saturated carbocycles. The third kappa shape index (κ3) is 2.91. The van der Waals surface area contributed by atoms with Crippen LogP contribution < -0.4 is 11.1 Å². The van der Waals surface area contributed by atoms with Crippen molar-refractivity contribution in [1.29, 1.82) is 0 Å². The molecule has 20 heavy (non-hydrogen) atoms. The maximum absolute atomic E-state index is 12.5. The van der Waals surface area contributed by atoms with Gasteiger partial charge in [0.1, 0.15) is 0 Å². The maximum Gasteiger partial charge on any atom is 0.223 e. The molecular weight excluding hydrogens is 268 g/mol. The number of fused-ring (bicyclic) bond motifs is 1. The fraction of sp³-hybridized carbons (Fsp3) is 0.688. The van der Waals surface area contributed by atoms with E-state index in [1.807, 2.05) is 11.3 Å². The molecule has 1 atom stereocenters. The van der Waals surface area contributed by atoms with E-state index in [1.54, 1.807) is 0 Å². The highest BCUT2D eigenvalue weighted by molar-refractivity contribution is 7.10. The van der Waals surface area contributed by atoms with Gasteiger partial charge in [0.15, 0.2) is 0 Å². The highest BCUT2D eigenvalue weighted by Gasteiger charge is 2.29. The second-order valence-electron chi connectivity index (χ2n) is 6.21. The summed E-state index contributed by atoms with van der Waals surface area (Å²) < 4.78 is 0. The quantitative estimate of drug-likeness (QED) is 0.900. The molecule has 3 rings (SSSR count). The molecule has 2 aliphatic carbocycles. The number of thiophene rings is 1. The highest BCUT2D eigenvalue weighted by atomic mass is 32.1. The van der Waals surface area contributed by atoms with Crippen LogP contribution in [0.25, 0.3) is 0 Å². The molecule has 1 aromatic heterocycles. The molecular formula is C16H24N2OS. The number of nitrogens with two attached hydrogens (primary N) is 1. The van der Waals surface area contributed by atoms with E-state index >= 15 is 0 Å². The smallest absolute Gasteiger partial charge is 0.223 e. The molecule has 2 aliphatic rings. The maximum atomic E-state index is 12.5. The van der Waals surface area contributed by atoms with Crippen LogP contribution in [-0.2, 0) is 11.2 Å². The Morgan fingerprint density at radius 3 is 2.85 bits per heavy atom. The van der Waals surface area contributed by atoms with Crippen molar-refractivity contribution >= 4 is 17.2 Å². The first-order valence-electron chi connectivity index (χ1n) is 7.84. The van der Waals surface area contributed by atoms with Crippen molar-refractivity contribution in [3.05, 3.63) is 21.9 Å². The molecule has 0 aromatic carbocycles. The van der Waals surface area contributed by atoms with Crippen LogP contribution in [0.3, 0.4) is 0 Å². The molecule has 1 amide bonds. The number of hydrogen-bond donors (Lipinski definition) is 2. The van der Waals surface area contributed by atoms with E-state index in [-0.39, 0.29) is 17.9 Å². The lowest BCUT2D eigenvalue weighted by atomic mass is 9.81. The first-order valence-corrected chi connectivity index (χ1v) is 8.72. The lowest BCUT2D eigenvalue weighted by Gasteiger charge is -2.30. The van der Waals surface area contributed by atoms with Gasteiger partial charge in [0.25, 0.3) is 0 Å². The second kappa shape index (κ2) is 6.27. The number of nitrogens with one attached hydrogen (secondary N) is 1. The Balaban J connectivity index is 1.58. The summed E-state index contributed by atoms with van der Waals surface area (Å²) in [4.78, 5) is 13.9. The largest absolute Gasteiger partial charge is 0.349 e. The van der Waals surface area contributed by atoms with E-state index in [0.29, 0.717) is 5.92 Å². The van der Waals surface area contributed by atoms with Crippen molar-refractivity contribution in [3.63, 3.8) is 0 Å². The Kier molecular flexibility index (Phi) is 4.41. The van der Waals surface area contributed by atoms with Crippen LogP contribution in [0, 0.1) is 11.8 Å². The van der Waals surface area contributed by atoms with Crippen molar-refractivity contribution < 1.29 is 4.79 Å². The lowest BCUT2D eigenvalue weighted by molar-refractivity contribution is -0.127. The van der Waals surface area contributed by atoms with E-state index < -0.39 is 0 Å². The summed E-state index contributed by atoms with van der Waals surface area (Å²) in [5, 5.41) is 5.45. The van der Waals surface area contributed by atoms with Gasteiger partial charge in [-0.1, -0.05) is 0 Å². The summed E-state index contributed by atoms with van der Waals surface area (Å²) >= 11 is 1.83. The Bertz CT molecular complexity index is 463.